The van der Waals surface area contributed by atoms with Crippen LogP contribution < -0.4 is 0 Å². The molecule has 0 aromatic heterocycles. The normalized spacial score (nSPS) is 12.1. The molecule has 0 saturated heterocycles. The number of nitro benzene ring substituents is 2. The molecule has 7 nitrogen and oxygen atoms in total. The van der Waals surface area contributed by atoms with Crippen molar-refractivity contribution in [3.05, 3.63) is 37.9 Å². The van der Waals surface area contributed by atoms with Crippen LogP contribution in [0, 0.1) is 20.2 Å². The maximum atomic E-state index is 10.8. The summed E-state index contributed by atoms with van der Waals surface area (Å²) < 4.78 is 0. The Morgan fingerprint density at radius 3 is 2.05 bits per heavy atom. The molecule has 1 rings (SSSR count). The van der Waals surface area contributed by atoms with Crippen molar-refractivity contribution < 1.29 is 15.0 Å². The van der Waals surface area contributed by atoms with Gasteiger partial charge in [-0.25, -0.2) is 0 Å². The highest BCUT2D eigenvalue weighted by Crippen LogP contribution is 2.39. The number of hydrogen-bond acceptors (Lipinski definition) is 5. The molecule has 0 bridgehead atoms. The standard InChI is InChI=1S/C12H16N2O5/c1-3-4-5-8(2)9-6-10(13(16)17)12(15)11(7-9)14(18)19/h6-8,15H,3-5H2,1-2H3. The zero-order valence-corrected chi connectivity index (χ0v) is 10.8. The maximum absolute atomic E-state index is 10.8. The van der Waals surface area contributed by atoms with E-state index in [1.54, 1.807) is 0 Å². The van der Waals surface area contributed by atoms with Crippen molar-refractivity contribution >= 4 is 11.4 Å². The van der Waals surface area contributed by atoms with Gasteiger partial charge >= 0.3 is 11.4 Å². The van der Waals surface area contributed by atoms with Crippen LogP contribution in [0.15, 0.2) is 12.1 Å². The van der Waals surface area contributed by atoms with E-state index in [9.17, 15) is 25.3 Å². The largest absolute Gasteiger partial charge is 0.497 e. The number of nitro groups is 2. The highest BCUT2D eigenvalue weighted by molar-refractivity contribution is 5.61. The van der Waals surface area contributed by atoms with Crippen LogP contribution in [0.2, 0.25) is 0 Å². The van der Waals surface area contributed by atoms with Crippen molar-refractivity contribution in [3.8, 4) is 5.75 Å². The first-order valence-electron chi connectivity index (χ1n) is 6.04. The molecular formula is C12H16N2O5. The summed E-state index contributed by atoms with van der Waals surface area (Å²) in [6.07, 6.45) is 2.70. The Morgan fingerprint density at radius 2 is 1.68 bits per heavy atom. The Labute approximate surface area is 110 Å². The highest BCUT2D eigenvalue weighted by Gasteiger charge is 2.27. The monoisotopic (exact) mass is 268 g/mol. The quantitative estimate of drug-likeness (QED) is 0.627. The zero-order chi connectivity index (χ0) is 14.6. The lowest BCUT2D eigenvalue weighted by Gasteiger charge is -2.11. The number of aromatic hydroxyl groups is 1. The smallest absolute Gasteiger partial charge is 0.318 e. The summed E-state index contributed by atoms with van der Waals surface area (Å²) in [5.74, 6) is -0.917. The fourth-order valence-electron chi connectivity index (χ4n) is 1.87. The molecule has 104 valence electrons. The third-order valence-corrected chi connectivity index (χ3v) is 3.05. The third kappa shape index (κ3) is 3.40. The minimum Gasteiger partial charge on any atom is -0.497 e. The molecule has 0 amide bonds. The van der Waals surface area contributed by atoms with E-state index in [1.807, 2.05) is 13.8 Å². The molecule has 0 aliphatic carbocycles. The zero-order valence-electron chi connectivity index (χ0n) is 10.8. The average Bonchev–Trinajstić information content (AvgIpc) is 2.35. The molecule has 0 spiro atoms. The second kappa shape index (κ2) is 6.12. The van der Waals surface area contributed by atoms with Gasteiger partial charge in [0, 0.05) is 12.1 Å². The fourth-order valence-corrected chi connectivity index (χ4v) is 1.87. The van der Waals surface area contributed by atoms with Gasteiger partial charge < -0.3 is 5.11 Å². The molecule has 1 unspecified atom stereocenters. The van der Waals surface area contributed by atoms with E-state index < -0.39 is 27.0 Å². The number of unbranched alkanes of at least 4 members (excludes halogenated alkanes) is 1. The van der Waals surface area contributed by atoms with Crippen molar-refractivity contribution in [2.75, 3.05) is 0 Å². The van der Waals surface area contributed by atoms with Crippen molar-refractivity contribution in [3.63, 3.8) is 0 Å². The molecule has 1 aromatic carbocycles. The van der Waals surface area contributed by atoms with E-state index in [4.69, 9.17) is 0 Å². The minimum atomic E-state index is -0.888. The summed E-state index contributed by atoms with van der Waals surface area (Å²) in [5.41, 5.74) is -0.732. The molecule has 1 atom stereocenters. The van der Waals surface area contributed by atoms with E-state index in [0.29, 0.717) is 5.56 Å². The van der Waals surface area contributed by atoms with Gasteiger partial charge in [0.05, 0.1) is 9.85 Å². The molecule has 0 fully saturated rings. The molecule has 0 aliphatic rings. The summed E-state index contributed by atoms with van der Waals surface area (Å²) in [6.45, 7) is 3.88. The number of phenols is 1. The van der Waals surface area contributed by atoms with E-state index in [2.05, 4.69) is 0 Å². The Kier molecular flexibility index (Phi) is 4.80. The predicted molar refractivity (Wildman–Crippen MR) is 69.4 cm³/mol. The van der Waals surface area contributed by atoms with Crippen molar-refractivity contribution in [2.45, 2.75) is 39.0 Å². The number of phenolic OH excluding ortho intramolecular Hbond substituents is 1. The summed E-state index contributed by atoms with van der Waals surface area (Å²) in [6, 6.07) is 2.42. The van der Waals surface area contributed by atoms with Crippen LogP contribution in [0.25, 0.3) is 0 Å². The molecule has 0 aliphatic heterocycles. The molecule has 1 N–H and O–H groups in total. The molecule has 1 aromatic rings. The number of benzene rings is 1. The Balaban J connectivity index is 3.26. The van der Waals surface area contributed by atoms with Crippen LogP contribution in [0.4, 0.5) is 11.4 Å². The van der Waals surface area contributed by atoms with Gasteiger partial charge in [-0.3, -0.25) is 20.2 Å². The van der Waals surface area contributed by atoms with Gasteiger partial charge in [0.1, 0.15) is 0 Å². The van der Waals surface area contributed by atoms with Gasteiger partial charge in [-0.1, -0.05) is 26.7 Å². The lowest BCUT2D eigenvalue weighted by Crippen LogP contribution is -2.00. The Hall–Kier alpha value is -2.18. The minimum absolute atomic E-state index is 0.0297. The summed E-state index contributed by atoms with van der Waals surface area (Å²) in [4.78, 5) is 20.0. The van der Waals surface area contributed by atoms with Gasteiger partial charge in [0.2, 0.25) is 0 Å². The SMILES string of the molecule is CCCCC(C)c1cc([N+](=O)[O-])c(O)c([N+](=O)[O-])c1. The predicted octanol–water partition coefficient (Wildman–Crippen LogP) is 3.50. The van der Waals surface area contributed by atoms with E-state index in [-0.39, 0.29) is 5.92 Å². The Bertz CT molecular complexity index is 466. The van der Waals surface area contributed by atoms with Crippen LogP contribution in [0.3, 0.4) is 0 Å². The van der Waals surface area contributed by atoms with Crippen LogP contribution in [0.5, 0.6) is 5.75 Å². The summed E-state index contributed by atoms with van der Waals surface area (Å²) in [5, 5.41) is 31.1. The molecule has 7 heteroatoms. The molecule has 0 radical (unpaired) electrons. The number of rotatable bonds is 6. The first-order valence-corrected chi connectivity index (χ1v) is 6.04. The van der Waals surface area contributed by atoms with Crippen LogP contribution in [0.1, 0.15) is 44.6 Å². The first-order chi connectivity index (χ1) is 8.88. The second-order valence-electron chi connectivity index (χ2n) is 4.47. The van der Waals surface area contributed by atoms with Crippen molar-refractivity contribution in [2.24, 2.45) is 0 Å². The maximum Gasteiger partial charge on any atom is 0.318 e. The lowest BCUT2D eigenvalue weighted by molar-refractivity contribution is -0.396. The van der Waals surface area contributed by atoms with Gasteiger partial charge in [-0.15, -0.1) is 0 Å². The van der Waals surface area contributed by atoms with Crippen molar-refractivity contribution in [1.82, 2.24) is 0 Å². The van der Waals surface area contributed by atoms with Gasteiger partial charge in [0.25, 0.3) is 5.75 Å². The second-order valence-corrected chi connectivity index (χ2v) is 4.47. The topological polar surface area (TPSA) is 107 Å². The van der Waals surface area contributed by atoms with Gasteiger partial charge in [0.15, 0.2) is 0 Å². The molecule has 0 heterocycles. The van der Waals surface area contributed by atoms with Gasteiger partial charge in [-0.05, 0) is 17.9 Å². The van der Waals surface area contributed by atoms with Crippen LogP contribution >= 0.6 is 0 Å². The fraction of sp³-hybridized carbons (Fsp3) is 0.500. The lowest BCUT2D eigenvalue weighted by atomic mass is 9.94. The molecule has 0 saturated carbocycles. The molecule has 19 heavy (non-hydrogen) atoms. The Morgan fingerprint density at radius 1 is 1.21 bits per heavy atom. The molecular weight excluding hydrogens is 252 g/mol. The van der Waals surface area contributed by atoms with Crippen LogP contribution in [-0.2, 0) is 0 Å². The van der Waals surface area contributed by atoms with Gasteiger partial charge in [-0.2, -0.15) is 0 Å². The van der Waals surface area contributed by atoms with Crippen molar-refractivity contribution in [1.29, 1.82) is 0 Å². The third-order valence-electron chi connectivity index (χ3n) is 3.05. The van der Waals surface area contributed by atoms with E-state index in [0.717, 1.165) is 19.3 Å². The average molecular weight is 268 g/mol. The number of hydrogen-bond donors (Lipinski definition) is 1. The van der Waals surface area contributed by atoms with E-state index >= 15 is 0 Å². The highest BCUT2D eigenvalue weighted by atomic mass is 16.6. The van der Waals surface area contributed by atoms with Crippen LogP contribution in [-0.4, -0.2) is 15.0 Å². The summed E-state index contributed by atoms with van der Waals surface area (Å²) >= 11 is 0. The first kappa shape index (κ1) is 14.9. The summed E-state index contributed by atoms with van der Waals surface area (Å²) in [7, 11) is 0. The number of nitrogens with zero attached hydrogens (tertiary/aromatic N) is 2. The van der Waals surface area contributed by atoms with E-state index in [1.165, 1.54) is 12.1 Å².